The molecule has 1 aromatic heterocycles. The van der Waals surface area contributed by atoms with Gasteiger partial charge in [0.2, 0.25) is 5.13 Å². The maximum atomic E-state index is 12.0. The van der Waals surface area contributed by atoms with Gasteiger partial charge < -0.3 is 10.5 Å². The molecule has 1 heterocycles. The molecule has 1 atom stereocenters. The second kappa shape index (κ2) is 6.44. The first-order chi connectivity index (χ1) is 9.60. The number of nitrogens with zero attached hydrogens (tertiary/aromatic N) is 2. The van der Waals surface area contributed by atoms with E-state index in [0.29, 0.717) is 22.3 Å². The van der Waals surface area contributed by atoms with E-state index in [4.69, 9.17) is 10.5 Å². The topological polar surface area (TPSA) is 90.1 Å². The minimum absolute atomic E-state index is 0.191. The highest BCUT2D eigenvalue weighted by Crippen LogP contribution is 2.20. The van der Waals surface area contributed by atoms with Crippen LogP contribution in [-0.2, 0) is 0 Å². The predicted molar refractivity (Wildman–Crippen MR) is 78.1 cm³/mol. The van der Waals surface area contributed by atoms with Crippen LogP contribution in [-0.4, -0.2) is 22.7 Å². The molecule has 1 aromatic carbocycles. The number of aromatic nitrogens is 2. The molecule has 1 unspecified atom stereocenters. The number of hydrogen-bond donors (Lipinski definition) is 2. The van der Waals surface area contributed by atoms with Crippen LogP contribution in [0.2, 0.25) is 0 Å². The Morgan fingerprint density at radius 1 is 1.40 bits per heavy atom. The number of nitrogens with one attached hydrogen (secondary N) is 1. The molecular weight excluding hydrogens is 276 g/mol. The summed E-state index contributed by atoms with van der Waals surface area (Å²) in [6.45, 7) is 4.32. The highest BCUT2D eigenvalue weighted by Gasteiger charge is 2.12. The molecule has 3 N–H and O–H groups in total. The number of carbonyl (C=O) groups excluding carboxylic acids is 1. The van der Waals surface area contributed by atoms with Gasteiger partial charge in [-0.05, 0) is 38.1 Å². The van der Waals surface area contributed by atoms with Crippen LogP contribution < -0.4 is 15.8 Å². The summed E-state index contributed by atoms with van der Waals surface area (Å²) < 4.78 is 5.32. The smallest absolute Gasteiger partial charge is 0.257 e. The lowest BCUT2D eigenvalue weighted by atomic mass is 10.2. The van der Waals surface area contributed by atoms with Gasteiger partial charge in [0, 0.05) is 5.56 Å². The number of carbonyl (C=O) groups is 1. The second-order valence-corrected chi connectivity index (χ2v) is 5.15. The molecule has 0 aliphatic heterocycles. The molecule has 106 valence electrons. The summed E-state index contributed by atoms with van der Waals surface area (Å²) in [5, 5.41) is 11.6. The van der Waals surface area contributed by atoms with Crippen molar-refractivity contribution in [2.75, 3.05) is 11.9 Å². The minimum Gasteiger partial charge on any atom is -0.494 e. The molecule has 0 bridgehead atoms. The number of hydrogen-bond acceptors (Lipinski definition) is 6. The fourth-order valence-corrected chi connectivity index (χ4v) is 2.20. The molecule has 0 fully saturated rings. The Bertz CT molecular complexity index is 580. The Morgan fingerprint density at radius 2 is 2.10 bits per heavy atom. The maximum Gasteiger partial charge on any atom is 0.257 e. The van der Waals surface area contributed by atoms with E-state index in [-0.39, 0.29) is 11.9 Å². The van der Waals surface area contributed by atoms with Crippen LogP contribution in [0.15, 0.2) is 24.3 Å². The molecule has 0 saturated carbocycles. The number of ether oxygens (including phenoxy) is 1. The Labute approximate surface area is 121 Å². The zero-order chi connectivity index (χ0) is 14.5. The molecule has 20 heavy (non-hydrogen) atoms. The SMILES string of the molecule is CCOc1ccc(C(=O)Nc2nnc(C(C)N)s2)cc1. The predicted octanol–water partition coefficient (Wildman–Crippen LogP) is 2.21. The van der Waals surface area contributed by atoms with Gasteiger partial charge in [0.25, 0.3) is 5.91 Å². The fraction of sp³-hybridized carbons (Fsp3) is 0.308. The average Bonchev–Trinajstić information content (AvgIpc) is 2.88. The third-order valence-corrected chi connectivity index (χ3v) is 3.52. The Balaban J connectivity index is 2.03. The number of rotatable bonds is 5. The third kappa shape index (κ3) is 3.52. The van der Waals surface area contributed by atoms with Crippen LogP contribution in [0.3, 0.4) is 0 Å². The number of amides is 1. The van der Waals surface area contributed by atoms with E-state index in [0.717, 1.165) is 5.75 Å². The van der Waals surface area contributed by atoms with Crippen molar-refractivity contribution in [1.82, 2.24) is 10.2 Å². The van der Waals surface area contributed by atoms with Gasteiger partial charge >= 0.3 is 0 Å². The first-order valence-corrected chi connectivity index (χ1v) is 7.05. The lowest BCUT2D eigenvalue weighted by Crippen LogP contribution is -2.11. The molecule has 0 radical (unpaired) electrons. The van der Waals surface area contributed by atoms with E-state index in [9.17, 15) is 4.79 Å². The van der Waals surface area contributed by atoms with Gasteiger partial charge in [-0.3, -0.25) is 10.1 Å². The average molecular weight is 292 g/mol. The molecular formula is C13H16N4O2S. The molecule has 6 nitrogen and oxygen atoms in total. The lowest BCUT2D eigenvalue weighted by molar-refractivity contribution is 0.102. The van der Waals surface area contributed by atoms with Crippen LogP contribution >= 0.6 is 11.3 Å². The summed E-state index contributed by atoms with van der Waals surface area (Å²) in [4.78, 5) is 12.0. The molecule has 0 spiro atoms. The van der Waals surface area contributed by atoms with E-state index in [2.05, 4.69) is 15.5 Å². The number of anilines is 1. The number of benzene rings is 1. The van der Waals surface area contributed by atoms with Crippen molar-refractivity contribution in [3.05, 3.63) is 34.8 Å². The summed E-state index contributed by atoms with van der Waals surface area (Å²) >= 11 is 1.27. The first kappa shape index (κ1) is 14.4. The largest absolute Gasteiger partial charge is 0.494 e. The van der Waals surface area contributed by atoms with Crippen LogP contribution in [0.25, 0.3) is 0 Å². The molecule has 2 rings (SSSR count). The van der Waals surface area contributed by atoms with Gasteiger partial charge in [-0.25, -0.2) is 0 Å². The van der Waals surface area contributed by atoms with Gasteiger partial charge in [-0.15, -0.1) is 10.2 Å². The monoisotopic (exact) mass is 292 g/mol. The van der Waals surface area contributed by atoms with Crippen molar-refractivity contribution < 1.29 is 9.53 Å². The van der Waals surface area contributed by atoms with Crippen LogP contribution in [0.1, 0.15) is 35.3 Å². The van der Waals surface area contributed by atoms with Crippen LogP contribution in [0.4, 0.5) is 5.13 Å². The summed E-state index contributed by atoms with van der Waals surface area (Å²) in [7, 11) is 0. The zero-order valence-electron chi connectivity index (χ0n) is 11.3. The molecule has 2 aromatic rings. The standard InChI is InChI=1S/C13H16N4O2S/c1-3-19-10-6-4-9(5-7-10)11(18)15-13-17-16-12(20-13)8(2)14/h4-8H,3,14H2,1-2H3,(H,15,17,18). The maximum absolute atomic E-state index is 12.0. The number of nitrogens with two attached hydrogens (primary N) is 1. The van der Waals surface area contributed by atoms with Gasteiger partial charge in [0.15, 0.2) is 0 Å². The van der Waals surface area contributed by atoms with E-state index in [1.165, 1.54) is 11.3 Å². The van der Waals surface area contributed by atoms with E-state index in [1.54, 1.807) is 24.3 Å². The quantitative estimate of drug-likeness (QED) is 0.881. The van der Waals surface area contributed by atoms with Gasteiger partial charge in [0.05, 0.1) is 12.6 Å². The zero-order valence-corrected chi connectivity index (χ0v) is 12.1. The highest BCUT2D eigenvalue weighted by atomic mass is 32.1. The normalized spacial score (nSPS) is 11.9. The van der Waals surface area contributed by atoms with E-state index >= 15 is 0 Å². The van der Waals surface area contributed by atoms with Gasteiger partial charge in [-0.2, -0.15) is 0 Å². The first-order valence-electron chi connectivity index (χ1n) is 6.23. The molecule has 0 aliphatic rings. The molecule has 0 saturated heterocycles. The van der Waals surface area contributed by atoms with Crippen molar-refractivity contribution >= 4 is 22.4 Å². The summed E-state index contributed by atoms with van der Waals surface area (Å²) in [6, 6.07) is 6.73. The Hall–Kier alpha value is -1.99. The minimum atomic E-state index is -0.236. The molecule has 7 heteroatoms. The Morgan fingerprint density at radius 3 is 2.65 bits per heavy atom. The van der Waals surface area contributed by atoms with E-state index < -0.39 is 0 Å². The van der Waals surface area contributed by atoms with Crippen molar-refractivity contribution in [3.8, 4) is 5.75 Å². The van der Waals surface area contributed by atoms with Crippen molar-refractivity contribution in [2.24, 2.45) is 5.73 Å². The highest BCUT2D eigenvalue weighted by molar-refractivity contribution is 7.15. The van der Waals surface area contributed by atoms with Crippen LogP contribution in [0.5, 0.6) is 5.75 Å². The fourth-order valence-electron chi connectivity index (χ4n) is 1.51. The Kier molecular flexibility index (Phi) is 4.65. The van der Waals surface area contributed by atoms with Gasteiger partial charge in [0.1, 0.15) is 10.8 Å². The van der Waals surface area contributed by atoms with Crippen LogP contribution in [0, 0.1) is 0 Å². The third-order valence-electron chi connectivity index (χ3n) is 2.48. The summed E-state index contributed by atoms with van der Waals surface area (Å²) in [6.07, 6.45) is 0. The van der Waals surface area contributed by atoms with Crippen molar-refractivity contribution in [2.45, 2.75) is 19.9 Å². The van der Waals surface area contributed by atoms with E-state index in [1.807, 2.05) is 13.8 Å². The lowest BCUT2D eigenvalue weighted by Gasteiger charge is -2.04. The molecule has 0 aliphatic carbocycles. The summed E-state index contributed by atoms with van der Waals surface area (Å²) in [5.41, 5.74) is 6.23. The second-order valence-electron chi connectivity index (χ2n) is 4.15. The summed E-state index contributed by atoms with van der Waals surface area (Å²) in [5.74, 6) is 0.500. The van der Waals surface area contributed by atoms with Crippen molar-refractivity contribution in [3.63, 3.8) is 0 Å². The van der Waals surface area contributed by atoms with Gasteiger partial charge in [-0.1, -0.05) is 11.3 Å². The van der Waals surface area contributed by atoms with Crippen molar-refractivity contribution in [1.29, 1.82) is 0 Å². The molecule has 1 amide bonds.